The van der Waals surface area contributed by atoms with Gasteiger partial charge in [0.25, 0.3) is 0 Å². The molecule has 0 bridgehead atoms. The van der Waals surface area contributed by atoms with Crippen molar-refractivity contribution in [1.29, 1.82) is 0 Å². The fraction of sp³-hybridized carbons (Fsp3) is 0.400. The number of likely N-dealkylation sites (tertiary alicyclic amines) is 1. The number of hydrogen-bond acceptors (Lipinski definition) is 5. The number of benzene rings is 2. The van der Waals surface area contributed by atoms with Crippen LogP contribution in [0.15, 0.2) is 48.5 Å². The molecular weight excluding hydrogens is 454 g/mol. The van der Waals surface area contributed by atoms with Gasteiger partial charge in [0.1, 0.15) is 30.4 Å². The molecule has 0 spiro atoms. The molecule has 1 aliphatic carbocycles. The van der Waals surface area contributed by atoms with Gasteiger partial charge in [-0.3, -0.25) is 9.59 Å². The van der Waals surface area contributed by atoms with Crippen molar-refractivity contribution in [2.24, 2.45) is 0 Å². The van der Waals surface area contributed by atoms with E-state index in [1.54, 1.807) is 13.0 Å². The van der Waals surface area contributed by atoms with Crippen molar-refractivity contribution < 1.29 is 18.4 Å². The van der Waals surface area contributed by atoms with Gasteiger partial charge in [0.05, 0.1) is 12.6 Å². The Kier molecular flexibility index (Phi) is 6.27. The molecular formula is C25H26F2N6O2. The number of hydrogen-bond donors (Lipinski definition) is 1. The maximum Gasteiger partial charge on any atom is 0.245 e. The normalized spacial score (nSPS) is 20.6. The number of alkyl halides is 1. The summed E-state index contributed by atoms with van der Waals surface area (Å²) in [5.74, 6) is -0.531. The van der Waals surface area contributed by atoms with Crippen molar-refractivity contribution in [1.82, 2.24) is 30.4 Å². The molecule has 3 atom stereocenters. The molecule has 2 fully saturated rings. The highest BCUT2D eigenvalue weighted by atomic mass is 19.1. The van der Waals surface area contributed by atoms with Gasteiger partial charge < -0.3 is 10.2 Å². The van der Waals surface area contributed by atoms with Gasteiger partial charge in [0.15, 0.2) is 0 Å². The van der Waals surface area contributed by atoms with Crippen LogP contribution >= 0.6 is 0 Å². The predicted octanol–water partition coefficient (Wildman–Crippen LogP) is 2.84. The number of carbonyl (C=O) groups excluding carboxylic acids is 2. The Balaban J connectivity index is 1.38. The zero-order chi connectivity index (χ0) is 24.5. The number of halogens is 2. The summed E-state index contributed by atoms with van der Waals surface area (Å²) < 4.78 is 30.6. The van der Waals surface area contributed by atoms with Gasteiger partial charge in [0.2, 0.25) is 11.8 Å². The van der Waals surface area contributed by atoms with Crippen LogP contribution in [-0.4, -0.2) is 55.7 Å². The molecule has 2 amide bonds. The standard InChI is InChI=1S/C25H26F2N6O2/c1-15-29-30-31-33(15)14-23(34)32-13-19(26)12-22(32)25(35)28-24(17-5-3-2-4-6-17)18-9-10-20(16-7-8-16)21(27)11-18/h2-6,9-11,16,19,22,24H,7-8,12-14H2,1H3,(H,28,35). The first-order valence-corrected chi connectivity index (χ1v) is 11.7. The quantitative estimate of drug-likeness (QED) is 0.562. The zero-order valence-electron chi connectivity index (χ0n) is 19.3. The van der Waals surface area contributed by atoms with Crippen molar-refractivity contribution >= 4 is 11.8 Å². The third kappa shape index (κ3) is 4.91. The average Bonchev–Trinajstić information content (AvgIpc) is 3.50. The molecule has 2 aromatic carbocycles. The third-order valence-electron chi connectivity index (χ3n) is 6.66. The number of tetrazole rings is 1. The second-order valence-corrected chi connectivity index (χ2v) is 9.19. The van der Waals surface area contributed by atoms with Crippen LogP contribution in [0.1, 0.15) is 53.7 Å². The average molecular weight is 481 g/mol. The first kappa shape index (κ1) is 23.1. The molecule has 2 aliphatic rings. The summed E-state index contributed by atoms with van der Waals surface area (Å²) in [5.41, 5.74) is 2.04. The fourth-order valence-corrected chi connectivity index (χ4v) is 4.61. The highest BCUT2D eigenvalue weighted by Crippen LogP contribution is 2.42. The maximum atomic E-state index is 14.9. The number of amides is 2. The molecule has 1 aliphatic heterocycles. The minimum atomic E-state index is -1.32. The van der Waals surface area contributed by atoms with E-state index >= 15 is 0 Å². The van der Waals surface area contributed by atoms with Gasteiger partial charge in [-0.15, -0.1) is 5.10 Å². The Bertz CT molecular complexity index is 1230. The van der Waals surface area contributed by atoms with Crippen LogP contribution in [0.4, 0.5) is 8.78 Å². The lowest BCUT2D eigenvalue weighted by Gasteiger charge is -2.27. The molecule has 1 saturated heterocycles. The molecule has 2 heterocycles. The molecule has 5 rings (SSSR count). The monoisotopic (exact) mass is 480 g/mol. The molecule has 3 unspecified atom stereocenters. The largest absolute Gasteiger partial charge is 0.343 e. The van der Waals surface area contributed by atoms with Crippen LogP contribution in [0.3, 0.4) is 0 Å². The number of aryl methyl sites for hydroxylation is 1. The van der Waals surface area contributed by atoms with Gasteiger partial charge in [-0.2, -0.15) is 0 Å². The van der Waals surface area contributed by atoms with Crippen molar-refractivity contribution in [2.75, 3.05) is 6.54 Å². The van der Waals surface area contributed by atoms with Crippen LogP contribution < -0.4 is 5.32 Å². The Hall–Kier alpha value is -3.69. The van der Waals surface area contributed by atoms with Gasteiger partial charge in [-0.05, 0) is 58.9 Å². The van der Waals surface area contributed by atoms with E-state index in [1.807, 2.05) is 36.4 Å². The van der Waals surface area contributed by atoms with Gasteiger partial charge >= 0.3 is 0 Å². The molecule has 8 nitrogen and oxygen atoms in total. The summed E-state index contributed by atoms with van der Waals surface area (Å²) in [6.07, 6.45) is 0.530. The second-order valence-electron chi connectivity index (χ2n) is 9.19. The first-order chi connectivity index (χ1) is 16.9. The SMILES string of the molecule is Cc1nnnn1CC(=O)N1CC(F)CC1C(=O)NC(c1ccccc1)c1ccc(C2CC2)c(F)c1. The number of carbonyl (C=O) groups is 2. The third-order valence-corrected chi connectivity index (χ3v) is 6.66. The summed E-state index contributed by atoms with van der Waals surface area (Å²) in [7, 11) is 0. The van der Waals surface area contributed by atoms with Gasteiger partial charge in [-0.25, -0.2) is 13.5 Å². The second kappa shape index (κ2) is 9.52. The van der Waals surface area contributed by atoms with Crippen LogP contribution in [-0.2, 0) is 16.1 Å². The van der Waals surface area contributed by atoms with Crippen molar-refractivity contribution in [3.63, 3.8) is 0 Å². The molecule has 35 heavy (non-hydrogen) atoms. The minimum Gasteiger partial charge on any atom is -0.343 e. The van der Waals surface area contributed by atoms with E-state index in [0.29, 0.717) is 17.0 Å². The van der Waals surface area contributed by atoms with E-state index in [0.717, 1.165) is 18.4 Å². The fourth-order valence-electron chi connectivity index (χ4n) is 4.61. The van der Waals surface area contributed by atoms with Gasteiger partial charge in [0, 0.05) is 6.42 Å². The summed E-state index contributed by atoms with van der Waals surface area (Å²) >= 11 is 0. The lowest BCUT2D eigenvalue weighted by molar-refractivity contribution is -0.139. The van der Waals surface area contributed by atoms with Crippen molar-refractivity contribution in [2.45, 2.75) is 56.9 Å². The van der Waals surface area contributed by atoms with Crippen molar-refractivity contribution in [3.05, 3.63) is 76.9 Å². The topological polar surface area (TPSA) is 93.0 Å². The highest BCUT2D eigenvalue weighted by Gasteiger charge is 2.40. The van der Waals surface area contributed by atoms with Crippen LogP contribution in [0.25, 0.3) is 0 Å². The van der Waals surface area contributed by atoms with Crippen LogP contribution in [0, 0.1) is 12.7 Å². The predicted molar refractivity (Wildman–Crippen MR) is 122 cm³/mol. The van der Waals surface area contributed by atoms with Crippen LogP contribution in [0.5, 0.6) is 0 Å². The van der Waals surface area contributed by atoms with E-state index in [4.69, 9.17) is 0 Å². The van der Waals surface area contributed by atoms with E-state index < -0.39 is 30.1 Å². The van der Waals surface area contributed by atoms with E-state index in [1.165, 1.54) is 15.6 Å². The lowest BCUT2D eigenvalue weighted by Crippen LogP contribution is -2.48. The molecule has 1 aromatic heterocycles. The van der Waals surface area contributed by atoms with Crippen LogP contribution in [0.2, 0.25) is 0 Å². The molecule has 182 valence electrons. The Morgan fingerprint density at radius 3 is 2.57 bits per heavy atom. The lowest BCUT2D eigenvalue weighted by atomic mass is 9.96. The maximum absolute atomic E-state index is 14.9. The summed E-state index contributed by atoms with van der Waals surface area (Å²) in [5, 5.41) is 14.0. The number of nitrogens with zero attached hydrogens (tertiary/aromatic N) is 5. The van der Waals surface area contributed by atoms with E-state index in [9.17, 15) is 18.4 Å². The molecule has 10 heteroatoms. The molecule has 1 saturated carbocycles. The number of rotatable bonds is 7. The molecule has 1 N–H and O–H groups in total. The molecule has 0 radical (unpaired) electrons. The summed E-state index contributed by atoms with van der Waals surface area (Å²) in [4.78, 5) is 27.5. The minimum absolute atomic E-state index is 0.108. The van der Waals surface area contributed by atoms with E-state index in [-0.39, 0.29) is 31.2 Å². The smallest absolute Gasteiger partial charge is 0.245 e. The summed E-state index contributed by atoms with van der Waals surface area (Å²) in [6.45, 7) is 1.28. The number of aromatic nitrogens is 4. The van der Waals surface area contributed by atoms with E-state index in [2.05, 4.69) is 20.8 Å². The van der Waals surface area contributed by atoms with Gasteiger partial charge in [-0.1, -0.05) is 42.5 Å². The summed E-state index contributed by atoms with van der Waals surface area (Å²) in [6, 6.07) is 12.6. The Morgan fingerprint density at radius 2 is 1.91 bits per heavy atom. The Labute approximate surface area is 201 Å². The first-order valence-electron chi connectivity index (χ1n) is 11.7. The zero-order valence-corrected chi connectivity index (χ0v) is 19.3. The molecule has 3 aromatic rings. The van der Waals surface area contributed by atoms with Crippen molar-refractivity contribution in [3.8, 4) is 0 Å². The highest BCUT2D eigenvalue weighted by molar-refractivity contribution is 5.88. The Morgan fingerprint density at radius 1 is 1.14 bits per heavy atom. The number of nitrogens with one attached hydrogen (secondary N) is 1.